The van der Waals surface area contributed by atoms with Gasteiger partial charge in [0.2, 0.25) is 0 Å². The number of halogens is 5. The molecule has 0 amide bonds. The van der Waals surface area contributed by atoms with Crippen LogP contribution in [0, 0.1) is 12.3 Å². The molecule has 0 aromatic heterocycles. The third-order valence-corrected chi connectivity index (χ3v) is 2.33. The molecule has 0 bridgehead atoms. The van der Waals surface area contributed by atoms with Crippen molar-refractivity contribution < 1.29 is 22.0 Å². The third-order valence-electron chi connectivity index (χ3n) is 2.33. The molecule has 0 aromatic rings. The minimum Gasteiger partial charge on any atom is -0.196 e. The molecule has 0 atom stereocenters. The summed E-state index contributed by atoms with van der Waals surface area (Å²) >= 11 is 0. The van der Waals surface area contributed by atoms with Crippen molar-refractivity contribution in [2.24, 2.45) is 5.92 Å². The molecule has 0 nitrogen and oxygen atoms in total. The minimum atomic E-state index is -5.39. The first-order valence-corrected chi connectivity index (χ1v) is 4.12. The Kier molecular flexibility index (Phi) is 2.82. The second kappa shape index (κ2) is 3.42. The van der Waals surface area contributed by atoms with E-state index in [9.17, 15) is 22.0 Å². The maximum atomic E-state index is 12.7. The lowest BCUT2D eigenvalue weighted by Gasteiger charge is -2.30. The van der Waals surface area contributed by atoms with Crippen LogP contribution in [0.15, 0.2) is 0 Å². The highest BCUT2D eigenvalue weighted by atomic mass is 19.4. The van der Waals surface area contributed by atoms with Crippen LogP contribution in [0.25, 0.3) is 0 Å². The quantitative estimate of drug-likeness (QED) is 0.569. The fourth-order valence-electron chi connectivity index (χ4n) is 1.52. The summed E-state index contributed by atoms with van der Waals surface area (Å²) in [6, 6.07) is 0. The highest BCUT2D eigenvalue weighted by molar-refractivity contribution is 4.89. The zero-order valence-corrected chi connectivity index (χ0v) is 6.87. The highest BCUT2D eigenvalue weighted by Crippen LogP contribution is 2.46. The molecular weight excluding hydrogens is 191 g/mol. The van der Waals surface area contributed by atoms with Crippen LogP contribution in [0.3, 0.4) is 0 Å². The molecule has 0 spiro atoms. The zero-order valence-electron chi connectivity index (χ0n) is 6.87. The van der Waals surface area contributed by atoms with Gasteiger partial charge in [-0.15, -0.1) is 0 Å². The Hall–Kier alpha value is -0.350. The molecule has 1 rings (SSSR count). The van der Waals surface area contributed by atoms with Crippen molar-refractivity contribution in [3.05, 3.63) is 6.42 Å². The molecule has 0 saturated heterocycles. The maximum Gasteiger partial charge on any atom is 0.453 e. The smallest absolute Gasteiger partial charge is 0.196 e. The molecule has 77 valence electrons. The largest absolute Gasteiger partial charge is 0.453 e. The van der Waals surface area contributed by atoms with Crippen LogP contribution in [0.4, 0.5) is 22.0 Å². The molecule has 1 radical (unpaired) electrons. The van der Waals surface area contributed by atoms with E-state index in [4.69, 9.17) is 0 Å². The molecule has 1 saturated carbocycles. The van der Waals surface area contributed by atoms with Gasteiger partial charge < -0.3 is 0 Å². The van der Waals surface area contributed by atoms with E-state index in [1.807, 2.05) is 0 Å². The van der Waals surface area contributed by atoms with Gasteiger partial charge in [0.15, 0.2) is 0 Å². The van der Waals surface area contributed by atoms with Gasteiger partial charge in [0.25, 0.3) is 0 Å². The molecule has 0 N–H and O–H groups in total. The van der Waals surface area contributed by atoms with E-state index < -0.39 is 18.0 Å². The first-order valence-electron chi connectivity index (χ1n) is 4.12. The van der Waals surface area contributed by atoms with Crippen LogP contribution in [-0.4, -0.2) is 12.1 Å². The normalized spacial score (nSPS) is 21.9. The maximum absolute atomic E-state index is 12.7. The lowest BCUT2D eigenvalue weighted by atomic mass is 9.84. The lowest BCUT2D eigenvalue weighted by molar-refractivity contribution is -0.304. The SMILES string of the molecule is FC(F)(F)C(F)(F)C1CC[CH]CC1. The Morgan fingerprint density at radius 3 is 1.77 bits per heavy atom. The lowest BCUT2D eigenvalue weighted by Crippen LogP contribution is -2.44. The predicted molar refractivity (Wildman–Crippen MR) is 37.3 cm³/mol. The Labute approximate surface area is 73.1 Å². The summed E-state index contributed by atoms with van der Waals surface area (Å²) in [6.45, 7) is 0. The summed E-state index contributed by atoms with van der Waals surface area (Å²) in [4.78, 5) is 0. The van der Waals surface area contributed by atoms with Crippen molar-refractivity contribution in [2.75, 3.05) is 0 Å². The van der Waals surface area contributed by atoms with E-state index in [1.54, 1.807) is 6.42 Å². The van der Waals surface area contributed by atoms with E-state index in [0.29, 0.717) is 12.8 Å². The molecule has 5 heteroatoms. The van der Waals surface area contributed by atoms with Gasteiger partial charge in [-0.25, -0.2) is 0 Å². The first kappa shape index (κ1) is 10.7. The van der Waals surface area contributed by atoms with Crippen molar-refractivity contribution >= 4 is 0 Å². The second-order valence-corrected chi connectivity index (χ2v) is 3.26. The fraction of sp³-hybridized carbons (Fsp3) is 0.875. The molecule has 1 aliphatic carbocycles. The third kappa shape index (κ3) is 2.11. The van der Waals surface area contributed by atoms with Gasteiger partial charge in [0, 0.05) is 5.92 Å². The average Bonchev–Trinajstić information content (AvgIpc) is 2.04. The van der Waals surface area contributed by atoms with Gasteiger partial charge in [-0.2, -0.15) is 22.0 Å². The summed E-state index contributed by atoms with van der Waals surface area (Å²) in [7, 11) is 0. The molecule has 1 fully saturated rings. The van der Waals surface area contributed by atoms with Gasteiger partial charge in [-0.05, 0) is 32.1 Å². The summed E-state index contributed by atoms with van der Waals surface area (Å²) in [5.41, 5.74) is 0. The standard InChI is InChI=1S/C8H10F5/c9-7(10,8(11,12)13)6-4-2-1-3-5-6/h1,6H,2-5H2. The van der Waals surface area contributed by atoms with Crippen LogP contribution in [0.2, 0.25) is 0 Å². The Balaban J connectivity index is 2.67. The van der Waals surface area contributed by atoms with Crippen LogP contribution in [-0.2, 0) is 0 Å². The van der Waals surface area contributed by atoms with Crippen molar-refractivity contribution in [3.8, 4) is 0 Å². The van der Waals surface area contributed by atoms with Crippen LogP contribution >= 0.6 is 0 Å². The molecule has 13 heavy (non-hydrogen) atoms. The number of hydrogen-bond acceptors (Lipinski definition) is 0. The Morgan fingerprint density at radius 2 is 1.38 bits per heavy atom. The first-order chi connectivity index (χ1) is 5.86. The van der Waals surface area contributed by atoms with Crippen molar-refractivity contribution in [1.29, 1.82) is 0 Å². The van der Waals surface area contributed by atoms with Gasteiger partial charge >= 0.3 is 12.1 Å². The van der Waals surface area contributed by atoms with Crippen molar-refractivity contribution in [3.63, 3.8) is 0 Å². The van der Waals surface area contributed by atoms with Gasteiger partial charge in [0.1, 0.15) is 0 Å². The number of rotatable bonds is 1. The zero-order chi connectivity index (χ0) is 10.1. The Bertz CT molecular complexity index is 166. The molecule has 0 aliphatic heterocycles. The molecule has 1 aliphatic rings. The van der Waals surface area contributed by atoms with Crippen LogP contribution < -0.4 is 0 Å². The highest BCUT2D eigenvalue weighted by Gasteiger charge is 2.61. The number of alkyl halides is 5. The average molecular weight is 201 g/mol. The Morgan fingerprint density at radius 1 is 0.923 bits per heavy atom. The molecule has 0 heterocycles. The van der Waals surface area contributed by atoms with E-state index in [0.717, 1.165) is 0 Å². The summed E-state index contributed by atoms with van der Waals surface area (Å²) in [5, 5.41) is 0. The van der Waals surface area contributed by atoms with Crippen LogP contribution in [0.5, 0.6) is 0 Å². The van der Waals surface area contributed by atoms with E-state index >= 15 is 0 Å². The van der Waals surface area contributed by atoms with Gasteiger partial charge in [-0.3, -0.25) is 0 Å². The minimum absolute atomic E-state index is 0.0630. The predicted octanol–water partition coefficient (Wildman–Crippen LogP) is 3.58. The molecule has 0 aromatic carbocycles. The second-order valence-electron chi connectivity index (χ2n) is 3.26. The van der Waals surface area contributed by atoms with Crippen molar-refractivity contribution in [1.82, 2.24) is 0 Å². The van der Waals surface area contributed by atoms with Crippen molar-refractivity contribution in [2.45, 2.75) is 37.8 Å². The monoisotopic (exact) mass is 201 g/mol. The van der Waals surface area contributed by atoms with Crippen LogP contribution in [0.1, 0.15) is 25.7 Å². The van der Waals surface area contributed by atoms with Gasteiger partial charge in [0.05, 0.1) is 0 Å². The van der Waals surface area contributed by atoms with Gasteiger partial charge in [-0.1, -0.05) is 0 Å². The summed E-state index contributed by atoms with van der Waals surface area (Å²) in [5.74, 6) is -6.04. The summed E-state index contributed by atoms with van der Waals surface area (Å²) < 4.78 is 60.9. The summed E-state index contributed by atoms with van der Waals surface area (Å²) in [6.07, 6.45) is -3.05. The fourth-order valence-corrected chi connectivity index (χ4v) is 1.52. The molecule has 0 unspecified atom stereocenters. The van der Waals surface area contributed by atoms with E-state index in [-0.39, 0.29) is 12.8 Å². The number of hydrogen-bond donors (Lipinski definition) is 0. The van der Waals surface area contributed by atoms with E-state index in [2.05, 4.69) is 0 Å². The van der Waals surface area contributed by atoms with E-state index in [1.165, 1.54) is 0 Å². The molecular formula is C8H10F5. The topological polar surface area (TPSA) is 0 Å².